The Bertz CT molecular complexity index is 610. The minimum absolute atomic E-state index is 0.104. The summed E-state index contributed by atoms with van der Waals surface area (Å²) in [6.07, 6.45) is 5.08. The van der Waals surface area contributed by atoms with Crippen molar-refractivity contribution in [2.24, 2.45) is 5.73 Å². The Labute approximate surface area is 117 Å². The van der Waals surface area contributed by atoms with Gasteiger partial charge in [0, 0.05) is 18.5 Å². The fourth-order valence-electron chi connectivity index (χ4n) is 3.04. The highest BCUT2D eigenvalue weighted by atomic mass is 16.1. The summed E-state index contributed by atoms with van der Waals surface area (Å²) in [4.78, 5) is 11.9. The number of nitrogens with two attached hydrogens (primary N) is 1. The number of rotatable bonds is 4. The van der Waals surface area contributed by atoms with E-state index in [4.69, 9.17) is 5.73 Å². The van der Waals surface area contributed by atoms with E-state index in [0.717, 1.165) is 24.2 Å². The molecule has 1 aromatic carbocycles. The summed E-state index contributed by atoms with van der Waals surface area (Å²) in [5.41, 5.74) is 7.20. The minimum atomic E-state index is -0.133. The normalized spacial score (nSPS) is 17.4. The third-order valence-electron chi connectivity index (χ3n) is 4.10. The summed E-state index contributed by atoms with van der Waals surface area (Å²) >= 11 is 0. The summed E-state index contributed by atoms with van der Waals surface area (Å²) in [7, 11) is 0. The third kappa shape index (κ3) is 2.54. The Balaban J connectivity index is 1.82. The van der Waals surface area contributed by atoms with E-state index in [-0.39, 0.29) is 11.7 Å². The predicted molar refractivity (Wildman–Crippen MR) is 77.4 cm³/mol. The quantitative estimate of drug-likeness (QED) is 0.892. The Morgan fingerprint density at radius 1 is 1.30 bits per heavy atom. The van der Waals surface area contributed by atoms with Gasteiger partial charge in [0.15, 0.2) is 0 Å². The van der Waals surface area contributed by atoms with Crippen molar-refractivity contribution in [3.8, 4) is 0 Å². The van der Waals surface area contributed by atoms with E-state index in [1.165, 1.54) is 12.8 Å². The second kappa shape index (κ2) is 5.63. The maximum Gasteiger partial charge on any atom is 0.343 e. The number of nitrogens with one attached hydrogen (secondary N) is 1. The van der Waals surface area contributed by atoms with Crippen molar-refractivity contribution >= 4 is 0 Å². The van der Waals surface area contributed by atoms with Crippen molar-refractivity contribution in [2.75, 3.05) is 0 Å². The van der Waals surface area contributed by atoms with E-state index in [1.807, 2.05) is 34.9 Å². The van der Waals surface area contributed by atoms with E-state index in [1.54, 1.807) is 0 Å². The molecule has 0 bridgehead atoms. The summed E-state index contributed by atoms with van der Waals surface area (Å²) in [6, 6.07) is 10.1. The molecule has 1 unspecified atom stereocenters. The first-order chi connectivity index (χ1) is 9.75. The van der Waals surface area contributed by atoms with Gasteiger partial charge in [-0.25, -0.2) is 9.89 Å². The third-order valence-corrected chi connectivity index (χ3v) is 4.10. The van der Waals surface area contributed by atoms with Crippen LogP contribution in [0.1, 0.15) is 49.2 Å². The molecule has 3 rings (SSSR count). The molecule has 3 N–H and O–H groups in total. The highest BCUT2D eigenvalue weighted by molar-refractivity contribution is 5.19. The maximum atomic E-state index is 11.9. The minimum Gasteiger partial charge on any atom is -0.324 e. The molecule has 5 heteroatoms. The summed E-state index contributed by atoms with van der Waals surface area (Å²) in [5, 5.41) is 6.74. The Morgan fingerprint density at radius 3 is 2.70 bits per heavy atom. The van der Waals surface area contributed by atoms with Crippen molar-refractivity contribution in [3.05, 3.63) is 52.2 Å². The van der Waals surface area contributed by atoms with Crippen LogP contribution < -0.4 is 11.4 Å². The van der Waals surface area contributed by atoms with Gasteiger partial charge in [0.05, 0.1) is 0 Å². The molecule has 5 nitrogen and oxygen atoms in total. The Morgan fingerprint density at radius 2 is 2.00 bits per heavy atom. The molecule has 0 spiro atoms. The SMILES string of the molecule is NC(Cc1n[nH]c(=O)n1C1CCCC1)c1ccccc1. The first-order valence-electron chi connectivity index (χ1n) is 7.22. The molecular formula is C15H20N4O. The lowest BCUT2D eigenvalue weighted by molar-refractivity contribution is 0.475. The molecule has 1 saturated carbocycles. The van der Waals surface area contributed by atoms with Gasteiger partial charge in [-0.15, -0.1) is 0 Å². The number of aromatic amines is 1. The van der Waals surface area contributed by atoms with Gasteiger partial charge in [0.1, 0.15) is 5.82 Å². The van der Waals surface area contributed by atoms with Crippen LogP contribution in [0.2, 0.25) is 0 Å². The van der Waals surface area contributed by atoms with Crippen molar-refractivity contribution in [2.45, 2.75) is 44.2 Å². The summed E-state index contributed by atoms with van der Waals surface area (Å²) in [6.45, 7) is 0. The lowest BCUT2D eigenvalue weighted by Crippen LogP contribution is -2.24. The van der Waals surface area contributed by atoms with Crippen molar-refractivity contribution in [1.29, 1.82) is 0 Å². The van der Waals surface area contributed by atoms with Crippen LogP contribution in [0.25, 0.3) is 0 Å². The zero-order chi connectivity index (χ0) is 13.9. The lowest BCUT2D eigenvalue weighted by atomic mass is 10.0. The van der Waals surface area contributed by atoms with Crippen molar-refractivity contribution < 1.29 is 0 Å². The first kappa shape index (κ1) is 13.1. The molecule has 1 aliphatic rings. The standard InChI is InChI=1S/C15H20N4O/c16-13(11-6-2-1-3-7-11)10-14-17-18-15(20)19(14)12-8-4-5-9-12/h1-3,6-7,12-13H,4-5,8-10,16H2,(H,18,20). The number of H-pyrrole nitrogens is 1. The highest BCUT2D eigenvalue weighted by Gasteiger charge is 2.23. The lowest BCUT2D eigenvalue weighted by Gasteiger charge is -2.15. The van der Waals surface area contributed by atoms with Crippen LogP contribution in [-0.2, 0) is 6.42 Å². The average molecular weight is 272 g/mol. The van der Waals surface area contributed by atoms with Gasteiger partial charge >= 0.3 is 5.69 Å². The summed E-state index contributed by atoms with van der Waals surface area (Å²) < 4.78 is 1.82. The van der Waals surface area contributed by atoms with Crippen LogP contribution in [0, 0.1) is 0 Å². The number of benzene rings is 1. The largest absolute Gasteiger partial charge is 0.343 e. The number of hydrogen-bond acceptors (Lipinski definition) is 3. The molecule has 1 aromatic heterocycles. The zero-order valence-corrected chi connectivity index (χ0v) is 11.5. The molecule has 106 valence electrons. The van der Waals surface area contributed by atoms with Crippen LogP contribution >= 0.6 is 0 Å². The molecule has 1 fully saturated rings. The van der Waals surface area contributed by atoms with Crippen molar-refractivity contribution in [1.82, 2.24) is 14.8 Å². The smallest absolute Gasteiger partial charge is 0.324 e. The number of hydrogen-bond donors (Lipinski definition) is 2. The summed E-state index contributed by atoms with van der Waals surface area (Å²) in [5.74, 6) is 0.776. The highest BCUT2D eigenvalue weighted by Crippen LogP contribution is 2.29. The van der Waals surface area contributed by atoms with Gasteiger partial charge in [-0.3, -0.25) is 4.57 Å². The molecule has 1 atom stereocenters. The molecule has 2 aromatic rings. The Hall–Kier alpha value is -1.88. The van der Waals surface area contributed by atoms with Crippen LogP contribution in [-0.4, -0.2) is 14.8 Å². The molecule has 1 heterocycles. The topological polar surface area (TPSA) is 76.7 Å². The van der Waals surface area contributed by atoms with Gasteiger partial charge in [0.2, 0.25) is 0 Å². The van der Waals surface area contributed by atoms with Gasteiger partial charge in [-0.1, -0.05) is 43.2 Å². The van der Waals surface area contributed by atoms with Gasteiger partial charge in [-0.2, -0.15) is 5.10 Å². The number of aromatic nitrogens is 3. The van der Waals surface area contributed by atoms with Crippen LogP contribution in [0.5, 0.6) is 0 Å². The molecular weight excluding hydrogens is 252 g/mol. The van der Waals surface area contributed by atoms with Crippen LogP contribution in [0.4, 0.5) is 0 Å². The molecule has 0 amide bonds. The van der Waals surface area contributed by atoms with Gasteiger partial charge in [0.25, 0.3) is 0 Å². The van der Waals surface area contributed by atoms with E-state index < -0.39 is 0 Å². The molecule has 0 saturated heterocycles. The van der Waals surface area contributed by atoms with E-state index in [9.17, 15) is 4.79 Å². The average Bonchev–Trinajstić information content (AvgIpc) is 3.10. The van der Waals surface area contributed by atoms with Crippen LogP contribution in [0.15, 0.2) is 35.1 Å². The molecule has 0 radical (unpaired) electrons. The molecule has 20 heavy (non-hydrogen) atoms. The second-order valence-electron chi connectivity index (χ2n) is 5.47. The zero-order valence-electron chi connectivity index (χ0n) is 11.5. The molecule has 1 aliphatic carbocycles. The fourth-order valence-corrected chi connectivity index (χ4v) is 3.04. The van der Waals surface area contributed by atoms with Gasteiger partial charge < -0.3 is 5.73 Å². The van der Waals surface area contributed by atoms with E-state index >= 15 is 0 Å². The predicted octanol–water partition coefficient (Wildman–Crippen LogP) is 1.93. The Kier molecular flexibility index (Phi) is 3.69. The fraction of sp³-hybridized carbons (Fsp3) is 0.467. The van der Waals surface area contributed by atoms with E-state index in [2.05, 4.69) is 10.2 Å². The van der Waals surface area contributed by atoms with Gasteiger partial charge in [-0.05, 0) is 18.4 Å². The first-order valence-corrected chi connectivity index (χ1v) is 7.22. The number of nitrogens with zero attached hydrogens (tertiary/aromatic N) is 2. The molecule has 0 aliphatic heterocycles. The maximum absolute atomic E-state index is 11.9. The monoisotopic (exact) mass is 272 g/mol. The second-order valence-corrected chi connectivity index (χ2v) is 5.47. The van der Waals surface area contributed by atoms with Crippen LogP contribution in [0.3, 0.4) is 0 Å². The van der Waals surface area contributed by atoms with Crippen molar-refractivity contribution in [3.63, 3.8) is 0 Å². The van der Waals surface area contributed by atoms with E-state index in [0.29, 0.717) is 12.5 Å².